The van der Waals surface area contributed by atoms with Crippen LogP contribution in [-0.2, 0) is 9.47 Å². The topological polar surface area (TPSA) is 47.6 Å². The highest BCUT2D eigenvalue weighted by Crippen LogP contribution is 1.99. The molecule has 0 spiro atoms. The normalized spacial score (nSPS) is 22.5. The average molecular weight is 157 g/mol. The van der Waals surface area contributed by atoms with Crippen LogP contribution in [0.5, 0.6) is 0 Å². The molecule has 1 saturated heterocycles. The zero-order chi connectivity index (χ0) is 8.10. The Hall–Kier alpha value is -1.03. The summed E-state index contributed by atoms with van der Waals surface area (Å²) in [7, 11) is 0. The Kier molecular flexibility index (Phi) is 2.92. The highest BCUT2D eigenvalue weighted by Gasteiger charge is 2.21. The van der Waals surface area contributed by atoms with Gasteiger partial charge in [-0.05, 0) is 0 Å². The van der Waals surface area contributed by atoms with E-state index >= 15 is 0 Å². The predicted molar refractivity (Wildman–Crippen MR) is 39.3 cm³/mol. The van der Waals surface area contributed by atoms with Gasteiger partial charge >= 0.3 is 6.09 Å². The van der Waals surface area contributed by atoms with E-state index < -0.39 is 0 Å². The molecule has 1 rings (SSSR count). The van der Waals surface area contributed by atoms with Crippen LogP contribution in [0.25, 0.3) is 0 Å². The zero-order valence-electron chi connectivity index (χ0n) is 6.21. The Morgan fingerprint density at radius 3 is 3.27 bits per heavy atom. The molecule has 1 N–H and O–H groups in total. The van der Waals surface area contributed by atoms with Gasteiger partial charge in [0.25, 0.3) is 0 Å². The van der Waals surface area contributed by atoms with Crippen molar-refractivity contribution >= 4 is 6.09 Å². The van der Waals surface area contributed by atoms with Gasteiger partial charge in [0.05, 0.1) is 19.8 Å². The van der Waals surface area contributed by atoms with E-state index in [0.29, 0.717) is 19.8 Å². The van der Waals surface area contributed by atoms with Crippen molar-refractivity contribution in [3.63, 3.8) is 0 Å². The molecule has 4 nitrogen and oxygen atoms in total. The van der Waals surface area contributed by atoms with Crippen molar-refractivity contribution in [3.8, 4) is 0 Å². The zero-order valence-corrected chi connectivity index (χ0v) is 6.21. The van der Waals surface area contributed by atoms with E-state index in [1.54, 1.807) is 6.08 Å². The fourth-order valence-electron chi connectivity index (χ4n) is 0.808. The van der Waals surface area contributed by atoms with Crippen LogP contribution in [-0.4, -0.2) is 32.0 Å². The number of hydrogen-bond donors (Lipinski definition) is 1. The van der Waals surface area contributed by atoms with E-state index in [1.165, 1.54) is 0 Å². The lowest BCUT2D eigenvalue weighted by atomic mass is 10.4. The summed E-state index contributed by atoms with van der Waals surface area (Å²) in [6.07, 6.45) is 1.16. The highest BCUT2D eigenvalue weighted by molar-refractivity contribution is 5.69. The van der Waals surface area contributed by atoms with Crippen LogP contribution in [0.15, 0.2) is 12.7 Å². The SMILES string of the molecule is C=CCOC[C@@H]1CNC(=O)O1. The van der Waals surface area contributed by atoms with E-state index in [0.717, 1.165) is 0 Å². The Balaban J connectivity index is 2.08. The van der Waals surface area contributed by atoms with Gasteiger partial charge < -0.3 is 14.8 Å². The summed E-state index contributed by atoms with van der Waals surface area (Å²) in [4.78, 5) is 10.5. The van der Waals surface area contributed by atoms with E-state index in [1.807, 2.05) is 0 Å². The van der Waals surface area contributed by atoms with Crippen molar-refractivity contribution in [2.75, 3.05) is 19.8 Å². The number of amides is 1. The first-order valence-corrected chi connectivity index (χ1v) is 3.46. The van der Waals surface area contributed by atoms with Gasteiger partial charge in [0.2, 0.25) is 0 Å². The van der Waals surface area contributed by atoms with Gasteiger partial charge in [-0.3, -0.25) is 0 Å². The molecule has 62 valence electrons. The Labute approximate surface area is 65.2 Å². The van der Waals surface area contributed by atoms with E-state index in [9.17, 15) is 4.79 Å². The van der Waals surface area contributed by atoms with E-state index in [4.69, 9.17) is 9.47 Å². The van der Waals surface area contributed by atoms with Crippen molar-refractivity contribution in [2.45, 2.75) is 6.10 Å². The first kappa shape index (κ1) is 8.07. The molecule has 0 aromatic heterocycles. The number of carbonyl (C=O) groups excluding carboxylic acids is 1. The molecule has 0 radical (unpaired) electrons. The summed E-state index contributed by atoms with van der Waals surface area (Å²) in [5.41, 5.74) is 0. The minimum Gasteiger partial charge on any atom is -0.442 e. The van der Waals surface area contributed by atoms with Gasteiger partial charge in [-0.1, -0.05) is 6.08 Å². The lowest BCUT2D eigenvalue weighted by Gasteiger charge is -2.05. The molecule has 0 aromatic rings. The number of rotatable bonds is 4. The minimum absolute atomic E-state index is 0.137. The molecule has 1 amide bonds. The van der Waals surface area contributed by atoms with Gasteiger partial charge in [0.15, 0.2) is 0 Å². The lowest BCUT2D eigenvalue weighted by molar-refractivity contribution is 0.0579. The van der Waals surface area contributed by atoms with Gasteiger partial charge in [0.1, 0.15) is 6.10 Å². The van der Waals surface area contributed by atoms with Crippen LogP contribution in [0.1, 0.15) is 0 Å². The molecular weight excluding hydrogens is 146 g/mol. The molecule has 4 heteroatoms. The largest absolute Gasteiger partial charge is 0.442 e. The Morgan fingerprint density at radius 1 is 1.91 bits per heavy atom. The van der Waals surface area contributed by atoms with Gasteiger partial charge in [-0.2, -0.15) is 0 Å². The second-order valence-electron chi connectivity index (χ2n) is 2.23. The molecule has 1 fully saturated rings. The molecule has 0 unspecified atom stereocenters. The van der Waals surface area contributed by atoms with Crippen LogP contribution in [0.2, 0.25) is 0 Å². The molecule has 1 aliphatic rings. The van der Waals surface area contributed by atoms with Crippen LogP contribution in [0.3, 0.4) is 0 Å². The maximum atomic E-state index is 10.5. The first-order valence-electron chi connectivity index (χ1n) is 3.46. The van der Waals surface area contributed by atoms with Crippen molar-refractivity contribution in [1.82, 2.24) is 5.32 Å². The summed E-state index contributed by atoms with van der Waals surface area (Å²) >= 11 is 0. The molecule has 0 aliphatic carbocycles. The van der Waals surface area contributed by atoms with Gasteiger partial charge in [0, 0.05) is 0 Å². The Bertz CT molecular complexity index is 158. The highest BCUT2D eigenvalue weighted by atomic mass is 16.6. The third-order valence-electron chi connectivity index (χ3n) is 1.29. The third-order valence-corrected chi connectivity index (χ3v) is 1.29. The maximum absolute atomic E-state index is 10.5. The van der Waals surface area contributed by atoms with Crippen LogP contribution in [0, 0.1) is 0 Å². The summed E-state index contributed by atoms with van der Waals surface area (Å²) in [6, 6.07) is 0. The number of ether oxygens (including phenoxy) is 2. The minimum atomic E-state index is -0.364. The molecule has 1 aliphatic heterocycles. The summed E-state index contributed by atoms with van der Waals surface area (Å²) < 4.78 is 9.88. The summed E-state index contributed by atoms with van der Waals surface area (Å²) in [6.45, 7) is 4.96. The predicted octanol–water partition coefficient (Wildman–Crippen LogP) is 0.297. The number of cyclic esters (lactones) is 1. The van der Waals surface area contributed by atoms with Crippen molar-refractivity contribution in [2.24, 2.45) is 0 Å². The molecule has 1 atom stereocenters. The fraction of sp³-hybridized carbons (Fsp3) is 0.571. The quantitative estimate of drug-likeness (QED) is 0.471. The lowest BCUT2D eigenvalue weighted by Crippen LogP contribution is -2.20. The van der Waals surface area contributed by atoms with Crippen LogP contribution >= 0.6 is 0 Å². The van der Waals surface area contributed by atoms with Crippen molar-refractivity contribution < 1.29 is 14.3 Å². The standard InChI is InChI=1S/C7H11NO3/c1-2-3-10-5-6-4-8-7(9)11-6/h2,6H,1,3-5H2,(H,8,9)/t6-/m0/s1. The molecule has 11 heavy (non-hydrogen) atoms. The number of carbonyl (C=O) groups is 1. The summed E-state index contributed by atoms with van der Waals surface area (Å²) in [5.74, 6) is 0. The molecule has 0 bridgehead atoms. The van der Waals surface area contributed by atoms with Gasteiger partial charge in [-0.25, -0.2) is 4.79 Å². The molecule has 1 heterocycles. The fourth-order valence-corrected chi connectivity index (χ4v) is 0.808. The average Bonchev–Trinajstić information content (AvgIpc) is 2.37. The Morgan fingerprint density at radius 2 is 2.73 bits per heavy atom. The monoisotopic (exact) mass is 157 g/mol. The first-order chi connectivity index (χ1) is 5.33. The third kappa shape index (κ3) is 2.59. The van der Waals surface area contributed by atoms with Crippen LogP contribution < -0.4 is 5.32 Å². The molecule has 0 saturated carbocycles. The maximum Gasteiger partial charge on any atom is 0.407 e. The number of hydrogen-bond acceptors (Lipinski definition) is 3. The number of alkyl carbamates (subject to hydrolysis) is 1. The van der Waals surface area contributed by atoms with Gasteiger partial charge in [-0.15, -0.1) is 6.58 Å². The van der Waals surface area contributed by atoms with Crippen molar-refractivity contribution in [3.05, 3.63) is 12.7 Å². The molecular formula is C7H11NO3. The van der Waals surface area contributed by atoms with E-state index in [2.05, 4.69) is 11.9 Å². The second kappa shape index (κ2) is 3.98. The van der Waals surface area contributed by atoms with Crippen molar-refractivity contribution in [1.29, 1.82) is 0 Å². The smallest absolute Gasteiger partial charge is 0.407 e. The molecule has 0 aromatic carbocycles. The number of nitrogens with one attached hydrogen (secondary N) is 1. The van der Waals surface area contributed by atoms with E-state index in [-0.39, 0.29) is 12.2 Å². The van der Waals surface area contributed by atoms with Crippen LogP contribution in [0.4, 0.5) is 4.79 Å². The summed E-state index contributed by atoms with van der Waals surface area (Å²) in [5, 5.41) is 2.53. The second-order valence-corrected chi connectivity index (χ2v) is 2.23.